The van der Waals surface area contributed by atoms with Gasteiger partial charge in [-0.2, -0.15) is 0 Å². The molecule has 1 unspecified atom stereocenters. The fourth-order valence-electron chi connectivity index (χ4n) is 8.11. The second-order valence-electron chi connectivity index (χ2n) is 14.8. The topological polar surface area (TPSA) is 124 Å². The van der Waals surface area contributed by atoms with E-state index in [-0.39, 0.29) is 30.0 Å². The van der Waals surface area contributed by atoms with E-state index in [0.29, 0.717) is 12.6 Å². The molecule has 0 spiro atoms. The fourth-order valence-corrected chi connectivity index (χ4v) is 8.11. The Kier molecular flexibility index (Phi) is 9.71. The molecular weight excluding hydrogens is 663 g/mol. The zero-order valence-corrected chi connectivity index (χ0v) is 30.5. The van der Waals surface area contributed by atoms with Crippen molar-refractivity contribution in [2.24, 2.45) is 10.9 Å². The van der Waals surface area contributed by atoms with Crippen LogP contribution < -0.4 is 16.0 Å². The van der Waals surface area contributed by atoms with E-state index in [1.807, 2.05) is 24.9 Å². The third-order valence-corrected chi connectivity index (χ3v) is 11.1. The number of nitrogens with zero attached hydrogens (tertiary/aromatic N) is 3. The Bertz CT molecular complexity index is 2130. The van der Waals surface area contributed by atoms with Crippen LogP contribution in [0.2, 0.25) is 0 Å². The molecule has 1 aromatic heterocycles. The Morgan fingerprint density at radius 1 is 0.830 bits per heavy atom. The lowest BCUT2D eigenvalue weighted by molar-refractivity contribution is -0.135. The number of carbonyl (C=O) groups is 2. The van der Waals surface area contributed by atoms with Crippen LogP contribution in [0, 0.1) is 5.92 Å². The number of hydrogen-bond acceptors (Lipinski definition) is 7. The minimum Gasteiger partial charge on any atom is -0.453 e. The predicted octanol–water partition coefficient (Wildman–Crippen LogP) is 7.48. The second-order valence-corrected chi connectivity index (χ2v) is 14.8. The number of fused-ring (bicyclic) bond motifs is 1. The molecule has 2 amide bonds. The number of amides is 2. The van der Waals surface area contributed by atoms with E-state index in [1.165, 1.54) is 29.4 Å². The van der Waals surface area contributed by atoms with E-state index in [4.69, 9.17) is 14.7 Å². The van der Waals surface area contributed by atoms with Crippen LogP contribution >= 0.6 is 0 Å². The third-order valence-electron chi connectivity index (χ3n) is 11.1. The van der Waals surface area contributed by atoms with Crippen molar-refractivity contribution < 1.29 is 14.3 Å². The summed E-state index contributed by atoms with van der Waals surface area (Å²) in [5.41, 5.74) is 6.88. The maximum Gasteiger partial charge on any atom is 0.407 e. The Labute approximate surface area is 310 Å². The monoisotopic (exact) mass is 709 g/mol. The lowest BCUT2D eigenvalue weighted by atomic mass is 9.97. The van der Waals surface area contributed by atoms with Gasteiger partial charge in [0.15, 0.2) is 0 Å². The maximum atomic E-state index is 13.6. The molecule has 2 saturated heterocycles. The molecule has 8 rings (SSSR count). The first-order chi connectivity index (χ1) is 25.8. The SMILES string of the molecule is COC(=O)N[C@H](C(=O)N1CCC[C@H]1c1ncc(-c2ccc3cc(-c4ccc(C5CN=C([C@@H]6CC[C@H](c7ccccc7)N6)N5)cc4)ccc3c2)[nH]1)C(C)C. The van der Waals surface area contributed by atoms with Crippen molar-refractivity contribution >= 4 is 28.6 Å². The zero-order valence-electron chi connectivity index (χ0n) is 30.5. The quantitative estimate of drug-likeness (QED) is 0.126. The van der Waals surface area contributed by atoms with Crippen LogP contribution in [0.1, 0.15) is 74.6 Å². The number of nitrogens with one attached hydrogen (secondary N) is 4. The van der Waals surface area contributed by atoms with E-state index in [1.54, 1.807) is 0 Å². The third kappa shape index (κ3) is 7.15. The Morgan fingerprint density at radius 3 is 2.28 bits per heavy atom. The number of H-pyrrole nitrogens is 1. The predicted molar refractivity (Wildman–Crippen MR) is 208 cm³/mol. The highest BCUT2D eigenvalue weighted by atomic mass is 16.5. The first-order valence-corrected chi connectivity index (χ1v) is 18.8. The summed E-state index contributed by atoms with van der Waals surface area (Å²) in [6.45, 7) is 5.21. The summed E-state index contributed by atoms with van der Waals surface area (Å²) in [5.74, 6) is 1.64. The van der Waals surface area contributed by atoms with E-state index in [9.17, 15) is 9.59 Å². The van der Waals surface area contributed by atoms with Crippen LogP contribution in [-0.2, 0) is 9.53 Å². The summed E-state index contributed by atoms with van der Waals surface area (Å²) in [7, 11) is 1.30. The highest BCUT2D eigenvalue weighted by Crippen LogP contribution is 2.34. The molecule has 272 valence electrons. The van der Waals surface area contributed by atoms with E-state index in [2.05, 4.69) is 112 Å². The largest absolute Gasteiger partial charge is 0.453 e. The maximum absolute atomic E-state index is 13.6. The summed E-state index contributed by atoms with van der Waals surface area (Å²) >= 11 is 0. The number of hydrogen-bond donors (Lipinski definition) is 4. The van der Waals surface area contributed by atoms with Crippen molar-refractivity contribution in [3.8, 4) is 22.4 Å². The van der Waals surface area contributed by atoms with Gasteiger partial charge in [-0.05, 0) is 76.8 Å². The average molecular weight is 710 g/mol. The van der Waals surface area contributed by atoms with Gasteiger partial charge in [-0.15, -0.1) is 0 Å². The molecule has 0 saturated carbocycles. The molecule has 53 heavy (non-hydrogen) atoms. The van der Waals surface area contributed by atoms with Gasteiger partial charge in [-0.1, -0.05) is 92.7 Å². The summed E-state index contributed by atoms with van der Waals surface area (Å²) < 4.78 is 4.77. The minimum absolute atomic E-state index is 0.0843. The van der Waals surface area contributed by atoms with Crippen LogP contribution in [-0.4, -0.2) is 65.0 Å². The molecule has 3 aliphatic rings. The van der Waals surface area contributed by atoms with Gasteiger partial charge >= 0.3 is 6.09 Å². The van der Waals surface area contributed by atoms with Crippen molar-refractivity contribution in [2.45, 2.75) is 69.7 Å². The molecule has 10 nitrogen and oxygen atoms in total. The summed E-state index contributed by atoms with van der Waals surface area (Å²) in [6, 6.07) is 32.6. The normalized spacial score (nSPS) is 21.8. The number of imidazole rings is 1. The summed E-state index contributed by atoms with van der Waals surface area (Å²) in [5, 5.41) is 12.5. The first kappa shape index (κ1) is 34.6. The lowest BCUT2D eigenvalue weighted by Gasteiger charge is -2.30. The zero-order chi connectivity index (χ0) is 36.5. The van der Waals surface area contributed by atoms with Gasteiger partial charge in [0.25, 0.3) is 0 Å². The summed E-state index contributed by atoms with van der Waals surface area (Å²) in [6.07, 6.45) is 5.13. The molecule has 4 heterocycles. The van der Waals surface area contributed by atoms with E-state index >= 15 is 0 Å². The number of aromatic amines is 1. The molecule has 10 heteroatoms. The van der Waals surface area contributed by atoms with Crippen molar-refractivity contribution in [2.75, 3.05) is 20.2 Å². The smallest absolute Gasteiger partial charge is 0.407 e. The Hall–Kier alpha value is -5.48. The second kappa shape index (κ2) is 14.9. The van der Waals surface area contributed by atoms with Gasteiger partial charge in [0.1, 0.15) is 17.7 Å². The van der Waals surface area contributed by atoms with Crippen molar-refractivity contribution in [1.29, 1.82) is 0 Å². The number of carbonyl (C=O) groups excluding carboxylic acids is 2. The number of alkyl carbamates (subject to hydrolysis) is 1. The number of aromatic nitrogens is 2. The van der Waals surface area contributed by atoms with Crippen LogP contribution in [0.5, 0.6) is 0 Å². The molecule has 4 N–H and O–H groups in total. The van der Waals surface area contributed by atoms with Gasteiger partial charge in [-0.25, -0.2) is 9.78 Å². The fraction of sp³-hybridized carbons (Fsp3) is 0.349. The van der Waals surface area contributed by atoms with Crippen molar-refractivity contribution in [1.82, 2.24) is 30.8 Å². The van der Waals surface area contributed by atoms with E-state index < -0.39 is 12.1 Å². The average Bonchev–Trinajstić information content (AvgIpc) is 4.03. The van der Waals surface area contributed by atoms with Crippen LogP contribution in [0.3, 0.4) is 0 Å². The number of methoxy groups -OCH3 is 1. The van der Waals surface area contributed by atoms with Gasteiger partial charge in [-0.3, -0.25) is 9.79 Å². The van der Waals surface area contributed by atoms with Crippen LogP contribution in [0.4, 0.5) is 4.79 Å². The van der Waals surface area contributed by atoms with Crippen LogP contribution in [0.15, 0.2) is 102 Å². The number of rotatable bonds is 9. The molecule has 4 aromatic carbocycles. The molecule has 2 fully saturated rings. The van der Waals surface area contributed by atoms with E-state index in [0.717, 1.165) is 65.9 Å². The highest BCUT2D eigenvalue weighted by molar-refractivity contribution is 5.91. The highest BCUT2D eigenvalue weighted by Gasteiger charge is 2.37. The number of benzene rings is 4. The van der Waals surface area contributed by atoms with Gasteiger partial charge in [0.2, 0.25) is 5.91 Å². The minimum atomic E-state index is -0.666. The van der Waals surface area contributed by atoms with Crippen molar-refractivity contribution in [3.05, 3.63) is 114 Å². The number of amidine groups is 1. The Balaban J connectivity index is 0.911. The molecule has 0 aliphatic carbocycles. The molecule has 3 aliphatic heterocycles. The van der Waals surface area contributed by atoms with Gasteiger partial charge in [0.05, 0.1) is 43.7 Å². The molecule has 0 bridgehead atoms. The molecule has 0 radical (unpaired) electrons. The van der Waals surface area contributed by atoms with Gasteiger partial charge in [0, 0.05) is 18.2 Å². The Morgan fingerprint density at radius 2 is 1.53 bits per heavy atom. The van der Waals surface area contributed by atoms with Crippen molar-refractivity contribution in [3.63, 3.8) is 0 Å². The summed E-state index contributed by atoms with van der Waals surface area (Å²) in [4.78, 5) is 40.5. The molecular formula is C43H47N7O3. The molecule has 5 atom stereocenters. The van der Waals surface area contributed by atoms with Crippen LogP contribution in [0.25, 0.3) is 33.2 Å². The number of aliphatic imine (C=N–C) groups is 1. The number of ether oxygens (including phenoxy) is 1. The first-order valence-electron chi connectivity index (χ1n) is 18.8. The standard InChI is InChI=1S/C43H47N7O3/c1-26(2)39(49-43(52)53-3)42(51)50-21-7-10-38(50)41-45-25-37(48-41)33-18-17-31-22-30(15-16-32(31)23-33)27-11-13-29(14-12-27)36-24-44-40(47-36)35-20-19-34(46-35)28-8-5-4-6-9-28/h4-6,8-9,11-18,22-23,25-26,34-36,38-39,46H,7,10,19-21,24H2,1-3H3,(H,44,47)(H,45,48)(H,49,52)/t34-,35+,36?,38+,39+/m1/s1. The molecule has 5 aromatic rings. The lowest BCUT2D eigenvalue weighted by Crippen LogP contribution is -2.51. The van der Waals surface area contributed by atoms with Gasteiger partial charge < -0.3 is 30.6 Å². The number of likely N-dealkylation sites (tertiary alicyclic amines) is 1.